The number of piperazine rings is 1. The van der Waals surface area contributed by atoms with Crippen molar-refractivity contribution in [1.29, 1.82) is 0 Å². The zero-order chi connectivity index (χ0) is 13.1. The molecule has 0 amide bonds. The lowest BCUT2D eigenvalue weighted by Crippen LogP contribution is -2.60. The van der Waals surface area contributed by atoms with Crippen LogP contribution in [0.3, 0.4) is 0 Å². The van der Waals surface area contributed by atoms with Crippen molar-refractivity contribution in [1.82, 2.24) is 15.1 Å². The molecular formula is C15H29N3S. The first-order valence-corrected chi connectivity index (χ1v) is 9.19. The van der Waals surface area contributed by atoms with Crippen molar-refractivity contribution >= 4 is 11.8 Å². The standard InChI is InChI=1S/C15H29N3S/c1-17-7-9-18(10-8-17)15(5-2-3-6-15)13-16-14-4-11-19-12-14/h14,16H,2-13H2,1H3/t14-/m0/s1. The summed E-state index contributed by atoms with van der Waals surface area (Å²) in [6, 6.07) is 0.787. The minimum Gasteiger partial charge on any atom is -0.311 e. The highest BCUT2D eigenvalue weighted by Crippen LogP contribution is 2.35. The Morgan fingerprint density at radius 2 is 1.89 bits per heavy atom. The molecule has 3 fully saturated rings. The number of nitrogens with zero attached hydrogens (tertiary/aromatic N) is 2. The summed E-state index contributed by atoms with van der Waals surface area (Å²) in [6.07, 6.45) is 7.09. The lowest BCUT2D eigenvalue weighted by Gasteiger charge is -2.46. The maximum Gasteiger partial charge on any atom is 0.0335 e. The van der Waals surface area contributed by atoms with Crippen molar-refractivity contribution in [3.8, 4) is 0 Å². The van der Waals surface area contributed by atoms with Crippen molar-refractivity contribution in [2.75, 3.05) is 51.3 Å². The summed E-state index contributed by atoms with van der Waals surface area (Å²) in [5, 5.41) is 3.90. The lowest BCUT2D eigenvalue weighted by molar-refractivity contribution is 0.0414. The van der Waals surface area contributed by atoms with Crippen LogP contribution < -0.4 is 5.32 Å². The van der Waals surface area contributed by atoms with Crippen LogP contribution in [0.25, 0.3) is 0 Å². The molecule has 2 aliphatic heterocycles. The fraction of sp³-hybridized carbons (Fsp3) is 1.00. The molecule has 19 heavy (non-hydrogen) atoms. The van der Waals surface area contributed by atoms with Gasteiger partial charge in [-0.05, 0) is 32.1 Å². The maximum absolute atomic E-state index is 3.90. The quantitative estimate of drug-likeness (QED) is 0.845. The second-order valence-electron chi connectivity index (χ2n) is 6.66. The molecule has 110 valence electrons. The van der Waals surface area contributed by atoms with Crippen LogP contribution in [-0.2, 0) is 0 Å². The van der Waals surface area contributed by atoms with Gasteiger partial charge in [-0.1, -0.05) is 12.8 Å². The van der Waals surface area contributed by atoms with Crippen LogP contribution in [0.2, 0.25) is 0 Å². The topological polar surface area (TPSA) is 18.5 Å². The summed E-state index contributed by atoms with van der Waals surface area (Å²) in [4.78, 5) is 5.29. The van der Waals surface area contributed by atoms with E-state index in [0.717, 1.165) is 6.04 Å². The van der Waals surface area contributed by atoms with Crippen LogP contribution in [-0.4, -0.2) is 72.7 Å². The van der Waals surface area contributed by atoms with Crippen LogP contribution in [0.5, 0.6) is 0 Å². The predicted molar refractivity (Wildman–Crippen MR) is 84.0 cm³/mol. The molecule has 1 saturated carbocycles. The molecule has 1 N–H and O–H groups in total. The van der Waals surface area contributed by atoms with Crippen molar-refractivity contribution in [3.05, 3.63) is 0 Å². The SMILES string of the molecule is CN1CCN(C2(CN[C@H]3CCSC3)CCCC2)CC1. The first-order valence-electron chi connectivity index (χ1n) is 8.03. The average molecular weight is 283 g/mol. The lowest BCUT2D eigenvalue weighted by atomic mass is 9.93. The van der Waals surface area contributed by atoms with Gasteiger partial charge in [0.2, 0.25) is 0 Å². The Morgan fingerprint density at radius 1 is 1.16 bits per heavy atom. The van der Waals surface area contributed by atoms with E-state index >= 15 is 0 Å². The Morgan fingerprint density at radius 3 is 2.53 bits per heavy atom. The van der Waals surface area contributed by atoms with E-state index in [1.54, 1.807) is 0 Å². The molecule has 0 aromatic carbocycles. The molecule has 4 heteroatoms. The Labute approximate surface area is 122 Å². The fourth-order valence-corrected chi connectivity index (χ4v) is 5.14. The van der Waals surface area contributed by atoms with Gasteiger partial charge in [0.05, 0.1) is 0 Å². The zero-order valence-electron chi connectivity index (χ0n) is 12.4. The van der Waals surface area contributed by atoms with Crippen LogP contribution in [0, 0.1) is 0 Å². The zero-order valence-corrected chi connectivity index (χ0v) is 13.2. The third-order valence-corrected chi connectivity index (χ3v) is 6.52. The normalized spacial score (nSPS) is 33.0. The number of likely N-dealkylation sites (N-methyl/N-ethyl adjacent to an activating group) is 1. The molecule has 3 nitrogen and oxygen atoms in total. The molecule has 0 aromatic heterocycles. The molecule has 2 saturated heterocycles. The highest BCUT2D eigenvalue weighted by Gasteiger charge is 2.40. The van der Waals surface area contributed by atoms with Gasteiger partial charge >= 0.3 is 0 Å². The molecule has 1 atom stereocenters. The third-order valence-electron chi connectivity index (χ3n) is 5.36. The van der Waals surface area contributed by atoms with E-state index in [1.807, 2.05) is 0 Å². The van der Waals surface area contributed by atoms with Gasteiger partial charge in [0.15, 0.2) is 0 Å². The van der Waals surface area contributed by atoms with E-state index in [1.165, 1.54) is 76.3 Å². The maximum atomic E-state index is 3.90. The van der Waals surface area contributed by atoms with Crippen molar-refractivity contribution < 1.29 is 0 Å². The summed E-state index contributed by atoms with van der Waals surface area (Å²) < 4.78 is 0. The molecule has 0 aromatic rings. The summed E-state index contributed by atoms with van der Waals surface area (Å²) in [5.74, 6) is 2.69. The van der Waals surface area contributed by atoms with Crippen LogP contribution in [0.15, 0.2) is 0 Å². The highest BCUT2D eigenvalue weighted by atomic mass is 32.2. The van der Waals surface area contributed by atoms with Crippen LogP contribution in [0.1, 0.15) is 32.1 Å². The predicted octanol–water partition coefficient (Wildman–Crippen LogP) is 1.64. The van der Waals surface area contributed by atoms with E-state index in [9.17, 15) is 0 Å². The molecule has 0 radical (unpaired) electrons. The number of nitrogens with one attached hydrogen (secondary N) is 1. The minimum atomic E-state index is 0.495. The molecule has 1 aliphatic carbocycles. The number of thioether (sulfide) groups is 1. The van der Waals surface area contributed by atoms with E-state index in [4.69, 9.17) is 0 Å². The Balaban J connectivity index is 1.58. The van der Waals surface area contributed by atoms with Crippen LogP contribution in [0.4, 0.5) is 0 Å². The number of hydrogen-bond acceptors (Lipinski definition) is 4. The minimum absolute atomic E-state index is 0.495. The average Bonchev–Trinajstić information content (AvgIpc) is 3.09. The van der Waals surface area contributed by atoms with Gasteiger partial charge in [-0.25, -0.2) is 0 Å². The van der Waals surface area contributed by atoms with Crippen LogP contribution >= 0.6 is 11.8 Å². The number of rotatable bonds is 4. The molecular weight excluding hydrogens is 254 g/mol. The first-order chi connectivity index (χ1) is 9.28. The molecule has 0 spiro atoms. The van der Waals surface area contributed by atoms with Crippen molar-refractivity contribution in [2.24, 2.45) is 0 Å². The molecule has 3 rings (SSSR count). The Kier molecular flexibility index (Phi) is 4.73. The fourth-order valence-electron chi connectivity index (χ4n) is 3.95. The van der Waals surface area contributed by atoms with Crippen molar-refractivity contribution in [3.63, 3.8) is 0 Å². The van der Waals surface area contributed by atoms with Crippen molar-refractivity contribution in [2.45, 2.75) is 43.7 Å². The second kappa shape index (κ2) is 6.33. The van der Waals surface area contributed by atoms with Gasteiger partial charge in [-0.2, -0.15) is 11.8 Å². The monoisotopic (exact) mass is 283 g/mol. The van der Waals surface area contributed by atoms with Gasteiger partial charge in [0, 0.05) is 50.1 Å². The largest absolute Gasteiger partial charge is 0.311 e. The highest BCUT2D eigenvalue weighted by molar-refractivity contribution is 7.99. The summed E-state index contributed by atoms with van der Waals surface area (Å²) in [6.45, 7) is 6.29. The molecule has 3 aliphatic rings. The summed E-state index contributed by atoms with van der Waals surface area (Å²) in [5.41, 5.74) is 0.495. The van der Waals surface area contributed by atoms with Gasteiger partial charge in [-0.15, -0.1) is 0 Å². The van der Waals surface area contributed by atoms with E-state index < -0.39 is 0 Å². The second-order valence-corrected chi connectivity index (χ2v) is 7.81. The summed E-state index contributed by atoms with van der Waals surface area (Å²) in [7, 11) is 2.26. The van der Waals surface area contributed by atoms with E-state index in [2.05, 4.69) is 33.9 Å². The van der Waals surface area contributed by atoms with Gasteiger partial charge in [-0.3, -0.25) is 4.90 Å². The molecule has 0 unspecified atom stereocenters. The molecule has 0 bridgehead atoms. The van der Waals surface area contributed by atoms with E-state index in [-0.39, 0.29) is 0 Å². The van der Waals surface area contributed by atoms with Gasteiger partial charge < -0.3 is 10.2 Å². The Bertz CT molecular complexity index is 277. The first kappa shape index (κ1) is 14.2. The van der Waals surface area contributed by atoms with E-state index in [0.29, 0.717) is 5.54 Å². The van der Waals surface area contributed by atoms with Gasteiger partial charge in [0.25, 0.3) is 0 Å². The molecule has 2 heterocycles. The third kappa shape index (κ3) is 3.29. The van der Waals surface area contributed by atoms with Gasteiger partial charge in [0.1, 0.15) is 0 Å². The summed E-state index contributed by atoms with van der Waals surface area (Å²) >= 11 is 2.12. The Hall–Kier alpha value is 0.230. The smallest absolute Gasteiger partial charge is 0.0335 e. The number of hydrogen-bond donors (Lipinski definition) is 1.